The lowest BCUT2D eigenvalue weighted by molar-refractivity contribution is -0.138. The van der Waals surface area contributed by atoms with Gasteiger partial charge in [-0.1, -0.05) is 29.8 Å². The summed E-state index contributed by atoms with van der Waals surface area (Å²) in [7, 11) is 3.05. The van der Waals surface area contributed by atoms with E-state index in [0.717, 1.165) is 11.1 Å². The maximum atomic E-state index is 13.0. The fourth-order valence-corrected chi connectivity index (χ4v) is 4.02. The van der Waals surface area contributed by atoms with E-state index in [4.69, 9.17) is 25.8 Å². The number of methoxy groups -OCH3 is 2. The Hall–Kier alpha value is -3.71. The van der Waals surface area contributed by atoms with Gasteiger partial charge in [-0.25, -0.2) is 0 Å². The maximum Gasteiger partial charge on any atom is 0.263 e. The predicted molar refractivity (Wildman–Crippen MR) is 130 cm³/mol. The molecule has 0 spiro atoms. The largest absolute Gasteiger partial charge is 0.493 e. The molecule has 8 heteroatoms. The van der Waals surface area contributed by atoms with Gasteiger partial charge in [-0.15, -0.1) is 0 Å². The number of benzene rings is 3. The van der Waals surface area contributed by atoms with Crippen molar-refractivity contribution in [1.29, 1.82) is 0 Å². The Morgan fingerprint density at radius 2 is 1.85 bits per heavy atom. The number of nitrogens with one attached hydrogen (secondary N) is 1. The molecule has 1 atom stereocenters. The van der Waals surface area contributed by atoms with Gasteiger partial charge < -0.3 is 24.4 Å². The molecule has 3 aromatic carbocycles. The second-order valence-electron chi connectivity index (χ2n) is 7.89. The summed E-state index contributed by atoms with van der Waals surface area (Å²) in [6.07, 6.45) is -0.643. The number of hydrogen-bond donors (Lipinski definition) is 1. The molecular formula is C26H25ClN2O5. The minimum absolute atomic E-state index is 0.132. The van der Waals surface area contributed by atoms with Crippen molar-refractivity contribution < 1.29 is 23.8 Å². The van der Waals surface area contributed by atoms with Crippen molar-refractivity contribution in [2.75, 3.05) is 19.5 Å². The lowest BCUT2D eigenvalue weighted by Crippen LogP contribution is -2.37. The van der Waals surface area contributed by atoms with Gasteiger partial charge in [0.2, 0.25) is 0 Å². The van der Waals surface area contributed by atoms with Crippen LogP contribution >= 0.6 is 11.6 Å². The van der Waals surface area contributed by atoms with Crippen LogP contribution < -0.4 is 19.5 Å². The van der Waals surface area contributed by atoms with E-state index < -0.39 is 6.10 Å². The Labute approximate surface area is 203 Å². The fraction of sp³-hybridized carbons (Fsp3) is 0.231. The number of halogens is 1. The molecule has 1 aliphatic rings. The van der Waals surface area contributed by atoms with Crippen LogP contribution in [-0.4, -0.2) is 37.0 Å². The summed E-state index contributed by atoms with van der Waals surface area (Å²) in [6.45, 7) is 2.40. The molecule has 0 aromatic heterocycles. The van der Waals surface area contributed by atoms with E-state index in [1.54, 1.807) is 48.2 Å². The Kier molecular flexibility index (Phi) is 6.93. The summed E-state index contributed by atoms with van der Waals surface area (Å²) in [5.41, 5.74) is 2.65. The molecule has 0 fully saturated rings. The highest BCUT2D eigenvalue weighted by atomic mass is 35.5. The predicted octanol–water partition coefficient (Wildman–Crippen LogP) is 4.92. The monoisotopic (exact) mass is 480 g/mol. The van der Waals surface area contributed by atoms with Crippen LogP contribution in [0.5, 0.6) is 17.2 Å². The van der Waals surface area contributed by atoms with E-state index in [0.29, 0.717) is 46.6 Å². The zero-order chi connectivity index (χ0) is 24.2. The Morgan fingerprint density at radius 3 is 2.59 bits per heavy atom. The first-order valence-electron chi connectivity index (χ1n) is 10.7. The van der Waals surface area contributed by atoms with Gasteiger partial charge in [0.05, 0.1) is 14.2 Å². The molecule has 1 heterocycles. The number of ether oxygens (including phenoxy) is 3. The number of carbonyl (C=O) groups excluding carboxylic acids is 2. The molecule has 2 amide bonds. The molecule has 3 aromatic rings. The number of rotatable bonds is 6. The van der Waals surface area contributed by atoms with Crippen LogP contribution in [0.3, 0.4) is 0 Å². The third-order valence-corrected chi connectivity index (χ3v) is 5.98. The van der Waals surface area contributed by atoms with Gasteiger partial charge in [0.1, 0.15) is 5.75 Å². The van der Waals surface area contributed by atoms with E-state index in [1.165, 1.54) is 14.2 Å². The van der Waals surface area contributed by atoms with E-state index >= 15 is 0 Å². The summed E-state index contributed by atoms with van der Waals surface area (Å²) in [5.74, 6) is 1.18. The number of amides is 2. The maximum absolute atomic E-state index is 13.0. The summed E-state index contributed by atoms with van der Waals surface area (Å²) in [6, 6.07) is 17.7. The fourth-order valence-electron chi connectivity index (χ4n) is 3.82. The second kappa shape index (κ2) is 10.1. The topological polar surface area (TPSA) is 77.1 Å². The van der Waals surface area contributed by atoms with Crippen LogP contribution in [0.4, 0.5) is 5.69 Å². The van der Waals surface area contributed by atoms with Gasteiger partial charge in [-0.2, -0.15) is 0 Å². The molecule has 0 saturated heterocycles. The second-order valence-corrected chi connectivity index (χ2v) is 8.30. The third kappa shape index (κ3) is 4.94. The molecule has 1 N–H and O–H groups in total. The molecule has 0 aliphatic carbocycles. The van der Waals surface area contributed by atoms with Crippen LogP contribution in [0.1, 0.15) is 28.4 Å². The third-order valence-electron chi connectivity index (χ3n) is 5.61. The minimum atomic E-state index is -0.643. The number of nitrogens with zero attached hydrogens (tertiary/aromatic N) is 1. The van der Waals surface area contributed by atoms with Gasteiger partial charge >= 0.3 is 0 Å². The molecule has 0 unspecified atom stereocenters. The molecule has 0 radical (unpaired) electrons. The average Bonchev–Trinajstić information content (AvgIpc) is 2.96. The first kappa shape index (κ1) is 23.4. The SMILES string of the molecule is COc1ccc(C(=O)Nc2ccc3c(c2)CN(Cc2ccccc2Cl)C(=O)[C@@H](C)O3)cc1OC. The molecule has 34 heavy (non-hydrogen) atoms. The van der Waals surface area contributed by atoms with Crippen LogP contribution in [0.25, 0.3) is 0 Å². The lowest BCUT2D eigenvalue weighted by atomic mass is 10.1. The molecule has 0 bridgehead atoms. The summed E-state index contributed by atoms with van der Waals surface area (Å²) in [4.78, 5) is 27.5. The molecular weight excluding hydrogens is 456 g/mol. The minimum Gasteiger partial charge on any atom is -0.493 e. The molecule has 176 valence electrons. The molecule has 7 nitrogen and oxygen atoms in total. The number of carbonyl (C=O) groups is 2. The van der Waals surface area contributed by atoms with Crippen LogP contribution in [0.15, 0.2) is 60.7 Å². The van der Waals surface area contributed by atoms with Gasteiger partial charge in [0.25, 0.3) is 11.8 Å². The molecule has 1 aliphatic heterocycles. The highest BCUT2D eigenvalue weighted by molar-refractivity contribution is 6.31. The highest BCUT2D eigenvalue weighted by Gasteiger charge is 2.28. The van der Waals surface area contributed by atoms with Crippen molar-refractivity contribution in [3.05, 3.63) is 82.4 Å². The number of anilines is 1. The first-order valence-corrected chi connectivity index (χ1v) is 11.1. The van der Waals surface area contributed by atoms with Crippen LogP contribution in [0.2, 0.25) is 5.02 Å². The zero-order valence-electron chi connectivity index (χ0n) is 19.1. The standard InChI is InChI=1S/C26H25ClN2O5/c1-16-26(31)29(14-18-6-4-5-7-21(18)27)15-19-12-20(9-11-22(19)34-16)28-25(30)17-8-10-23(32-2)24(13-17)33-3/h4-13,16H,14-15H2,1-3H3,(H,28,30)/t16-/m1/s1. The zero-order valence-corrected chi connectivity index (χ0v) is 19.9. The smallest absolute Gasteiger partial charge is 0.263 e. The quantitative estimate of drug-likeness (QED) is 0.542. The van der Waals surface area contributed by atoms with Crippen molar-refractivity contribution in [3.8, 4) is 17.2 Å². The van der Waals surface area contributed by atoms with Crippen LogP contribution in [0, 0.1) is 0 Å². The van der Waals surface area contributed by atoms with Crippen LogP contribution in [-0.2, 0) is 17.9 Å². The number of hydrogen-bond acceptors (Lipinski definition) is 5. The van der Waals surface area contributed by atoms with E-state index in [1.807, 2.05) is 24.3 Å². The van der Waals surface area contributed by atoms with Gasteiger partial charge in [0, 0.05) is 34.9 Å². The van der Waals surface area contributed by atoms with Gasteiger partial charge in [0.15, 0.2) is 17.6 Å². The molecule has 4 rings (SSSR count). The highest BCUT2D eigenvalue weighted by Crippen LogP contribution is 2.31. The summed E-state index contributed by atoms with van der Waals surface area (Å²) >= 11 is 6.32. The van der Waals surface area contributed by atoms with Gasteiger partial charge in [-0.3, -0.25) is 9.59 Å². The lowest BCUT2D eigenvalue weighted by Gasteiger charge is -2.22. The van der Waals surface area contributed by atoms with E-state index in [9.17, 15) is 9.59 Å². The van der Waals surface area contributed by atoms with E-state index in [-0.39, 0.29) is 11.8 Å². The van der Waals surface area contributed by atoms with Crippen molar-refractivity contribution >= 4 is 29.1 Å². The normalized spacial score (nSPS) is 15.1. The van der Waals surface area contributed by atoms with Crippen molar-refractivity contribution in [1.82, 2.24) is 4.90 Å². The van der Waals surface area contributed by atoms with E-state index in [2.05, 4.69) is 5.32 Å². The first-order chi connectivity index (χ1) is 16.4. The Morgan fingerprint density at radius 1 is 1.09 bits per heavy atom. The Balaban J connectivity index is 1.57. The molecule has 0 saturated carbocycles. The average molecular weight is 481 g/mol. The summed E-state index contributed by atoms with van der Waals surface area (Å²) in [5, 5.41) is 3.50. The number of fused-ring (bicyclic) bond motifs is 1. The summed E-state index contributed by atoms with van der Waals surface area (Å²) < 4.78 is 16.4. The van der Waals surface area contributed by atoms with Gasteiger partial charge in [-0.05, 0) is 55.0 Å². The van der Waals surface area contributed by atoms with Crippen molar-refractivity contribution in [2.24, 2.45) is 0 Å². The van der Waals surface area contributed by atoms with Crippen molar-refractivity contribution in [3.63, 3.8) is 0 Å². The Bertz CT molecular complexity index is 1230. The van der Waals surface area contributed by atoms with Crippen molar-refractivity contribution in [2.45, 2.75) is 26.1 Å².